The van der Waals surface area contributed by atoms with E-state index >= 15 is 0 Å². The minimum Gasteiger partial charge on any atom is -0.497 e. The Morgan fingerprint density at radius 3 is 2.81 bits per heavy atom. The fraction of sp³-hybridized carbons (Fsp3) is 0.435. The summed E-state index contributed by atoms with van der Waals surface area (Å²) in [5, 5.41) is 6.48. The molecule has 0 bridgehead atoms. The van der Waals surface area contributed by atoms with Crippen molar-refractivity contribution in [3.05, 3.63) is 64.1 Å². The number of nitrogens with zero attached hydrogens (tertiary/aromatic N) is 4. The molecule has 3 aromatic rings. The molecule has 7 nitrogen and oxygen atoms in total. The van der Waals surface area contributed by atoms with E-state index < -0.39 is 0 Å². The number of hydrogen-bond donors (Lipinski definition) is 1. The number of benzene rings is 1. The molecular weight excluding hydrogens is 410 g/mol. The summed E-state index contributed by atoms with van der Waals surface area (Å²) in [6.07, 6.45) is 5.35. The summed E-state index contributed by atoms with van der Waals surface area (Å²) in [6, 6.07) is 7.48. The van der Waals surface area contributed by atoms with Gasteiger partial charge in [-0.05, 0) is 50.6 Å². The highest BCUT2D eigenvalue weighted by Gasteiger charge is 2.29. The first-order valence-electron chi connectivity index (χ1n) is 10.6. The molecule has 4 rings (SSSR count). The second kappa shape index (κ2) is 9.62. The predicted molar refractivity (Wildman–Crippen MR) is 121 cm³/mol. The molecule has 1 fully saturated rings. The summed E-state index contributed by atoms with van der Waals surface area (Å²) in [4.78, 5) is 24.6. The van der Waals surface area contributed by atoms with Gasteiger partial charge >= 0.3 is 0 Å². The van der Waals surface area contributed by atoms with Gasteiger partial charge in [-0.1, -0.05) is 12.1 Å². The summed E-state index contributed by atoms with van der Waals surface area (Å²) in [5.41, 5.74) is 2.08. The molecule has 1 unspecified atom stereocenters. The van der Waals surface area contributed by atoms with Crippen molar-refractivity contribution in [2.45, 2.75) is 32.4 Å². The standard InChI is InChI=1S/C23H29N5O2S/c1-16-25-19(15-31-16)14-28-10-7-17(8-11-28)23(29)26-21(22-24-9-12-27(22)2)18-5-4-6-20(13-18)30-3/h4-6,9,12-13,15,17,21H,7-8,10-11,14H2,1-3H3,(H,26,29). The maximum absolute atomic E-state index is 13.2. The highest BCUT2D eigenvalue weighted by molar-refractivity contribution is 7.09. The molecule has 1 atom stereocenters. The van der Waals surface area contributed by atoms with Gasteiger partial charge in [-0.2, -0.15) is 0 Å². The van der Waals surface area contributed by atoms with Crippen molar-refractivity contribution in [1.82, 2.24) is 24.8 Å². The van der Waals surface area contributed by atoms with Crippen LogP contribution >= 0.6 is 11.3 Å². The molecular formula is C23H29N5O2S. The predicted octanol–water partition coefficient (Wildman–Crippen LogP) is 3.31. The van der Waals surface area contributed by atoms with E-state index in [9.17, 15) is 4.79 Å². The van der Waals surface area contributed by atoms with Gasteiger partial charge in [0.15, 0.2) is 0 Å². The molecule has 3 heterocycles. The lowest BCUT2D eigenvalue weighted by Gasteiger charge is -2.31. The summed E-state index contributed by atoms with van der Waals surface area (Å²) in [6.45, 7) is 4.70. The second-order valence-electron chi connectivity index (χ2n) is 8.02. The number of piperidine rings is 1. The minimum atomic E-state index is -0.321. The van der Waals surface area contributed by atoms with Gasteiger partial charge in [0, 0.05) is 37.3 Å². The van der Waals surface area contributed by atoms with Gasteiger partial charge in [0.05, 0.1) is 17.8 Å². The number of ether oxygens (including phenoxy) is 1. The Morgan fingerprint density at radius 1 is 1.35 bits per heavy atom. The summed E-state index contributed by atoms with van der Waals surface area (Å²) in [7, 11) is 3.59. The van der Waals surface area contributed by atoms with E-state index in [1.165, 1.54) is 0 Å². The van der Waals surface area contributed by atoms with Crippen LogP contribution in [0.3, 0.4) is 0 Å². The van der Waals surface area contributed by atoms with E-state index in [-0.39, 0.29) is 17.9 Å². The third-order valence-corrected chi connectivity index (χ3v) is 6.66. The van der Waals surface area contributed by atoms with E-state index in [1.54, 1.807) is 24.6 Å². The smallest absolute Gasteiger partial charge is 0.224 e. The third-order valence-electron chi connectivity index (χ3n) is 5.84. The topological polar surface area (TPSA) is 72.3 Å². The van der Waals surface area contributed by atoms with Crippen LogP contribution in [-0.2, 0) is 18.4 Å². The Morgan fingerprint density at radius 2 is 2.16 bits per heavy atom. The van der Waals surface area contributed by atoms with E-state index in [4.69, 9.17) is 4.74 Å². The number of amides is 1. The summed E-state index contributed by atoms with van der Waals surface area (Å²) >= 11 is 1.69. The first kappa shape index (κ1) is 21.5. The fourth-order valence-corrected chi connectivity index (χ4v) is 4.70. The van der Waals surface area contributed by atoms with Crippen molar-refractivity contribution >= 4 is 17.2 Å². The molecule has 2 aromatic heterocycles. The van der Waals surface area contributed by atoms with Crippen molar-refractivity contribution in [1.29, 1.82) is 0 Å². The average Bonchev–Trinajstić information content (AvgIpc) is 3.40. The van der Waals surface area contributed by atoms with Crippen LogP contribution in [0.15, 0.2) is 42.0 Å². The zero-order valence-electron chi connectivity index (χ0n) is 18.2. The van der Waals surface area contributed by atoms with E-state index in [2.05, 4.69) is 25.6 Å². The van der Waals surface area contributed by atoms with Crippen LogP contribution in [0.1, 0.15) is 41.0 Å². The van der Waals surface area contributed by atoms with E-state index in [1.807, 2.05) is 49.0 Å². The molecule has 164 valence electrons. The first-order chi connectivity index (χ1) is 15.0. The van der Waals surface area contributed by atoms with Gasteiger partial charge < -0.3 is 14.6 Å². The molecule has 0 aliphatic carbocycles. The number of imidazole rings is 1. The Bertz CT molecular complexity index is 1020. The number of aromatic nitrogens is 3. The minimum absolute atomic E-state index is 0.00166. The highest BCUT2D eigenvalue weighted by Crippen LogP contribution is 2.26. The number of rotatable bonds is 7. The van der Waals surface area contributed by atoms with Crippen molar-refractivity contribution in [2.75, 3.05) is 20.2 Å². The number of carbonyl (C=O) groups is 1. The first-order valence-corrected chi connectivity index (χ1v) is 11.5. The molecule has 1 N–H and O–H groups in total. The Hall–Kier alpha value is -2.71. The fourth-order valence-electron chi connectivity index (χ4n) is 4.10. The number of aryl methyl sites for hydroxylation is 2. The molecule has 1 aromatic carbocycles. The molecule has 1 amide bonds. The van der Waals surface area contributed by atoms with Crippen LogP contribution in [0.2, 0.25) is 0 Å². The molecule has 1 aliphatic rings. The van der Waals surface area contributed by atoms with E-state index in [0.29, 0.717) is 0 Å². The van der Waals surface area contributed by atoms with Crippen LogP contribution in [0, 0.1) is 12.8 Å². The average molecular weight is 440 g/mol. The highest BCUT2D eigenvalue weighted by atomic mass is 32.1. The Labute approximate surface area is 187 Å². The maximum atomic E-state index is 13.2. The van der Waals surface area contributed by atoms with Gasteiger partial charge in [-0.3, -0.25) is 9.69 Å². The quantitative estimate of drug-likeness (QED) is 0.612. The molecule has 0 saturated carbocycles. The summed E-state index contributed by atoms with van der Waals surface area (Å²) in [5.74, 6) is 1.65. The number of nitrogens with one attached hydrogen (secondary N) is 1. The monoisotopic (exact) mass is 439 g/mol. The number of methoxy groups -OCH3 is 1. The number of likely N-dealkylation sites (tertiary alicyclic amines) is 1. The van der Waals surface area contributed by atoms with Gasteiger partial charge in [0.1, 0.15) is 17.6 Å². The SMILES string of the molecule is COc1cccc(C(NC(=O)C2CCN(Cc3csc(C)n3)CC2)c2nccn2C)c1. The lowest BCUT2D eigenvalue weighted by Crippen LogP contribution is -2.42. The molecule has 0 spiro atoms. The van der Waals surface area contributed by atoms with Crippen molar-refractivity contribution in [2.24, 2.45) is 13.0 Å². The van der Waals surface area contributed by atoms with Gasteiger partial charge in [0.2, 0.25) is 5.91 Å². The zero-order valence-corrected chi connectivity index (χ0v) is 19.1. The molecule has 0 radical (unpaired) electrons. The number of thiazole rings is 1. The Kier molecular flexibility index (Phi) is 6.67. The third kappa shape index (κ3) is 5.14. The zero-order chi connectivity index (χ0) is 21.8. The van der Waals surface area contributed by atoms with Crippen LogP contribution in [0.4, 0.5) is 0 Å². The second-order valence-corrected chi connectivity index (χ2v) is 9.09. The molecule has 1 aliphatic heterocycles. The van der Waals surface area contributed by atoms with Crippen LogP contribution in [0.5, 0.6) is 5.75 Å². The van der Waals surface area contributed by atoms with Crippen molar-refractivity contribution in [3.8, 4) is 5.75 Å². The van der Waals surface area contributed by atoms with Crippen LogP contribution < -0.4 is 10.1 Å². The lowest BCUT2D eigenvalue weighted by molar-refractivity contribution is -0.127. The molecule has 31 heavy (non-hydrogen) atoms. The number of hydrogen-bond acceptors (Lipinski definition) is 6. The molecule has 8 heteroatoms. The van der Waals surface area contributed by atoms with E-state index in [0.717, 1.165) is 60.3 Å². The normalized spacial score (nSPS) is 16.2. The van der Waals surface area contributed by atoms with Crippen LogP contribution in [-0.4, -0.2) is 45.5 Å². The lowest BCUT2D eigenvalue weighted by atomic mass is 9.94. The van der Waals surface area contributed by atoms with Gasteiger partial charge in [-0.25, -0.2) is 9.97 Å². The number of carbonyl (C=O) groups excluding carboxylic acids is 1. The molecule has 1 saturated heterocycles. The van der Waals surface area contributed by atoms with Crippen LogP contribution in [0.25, 0.3) is 0 Å². The van der Waals surface area contributed by atoms with Crippen molar-refractivity contribution < 1.29 is 9.53 Å². The van der Waals surface area contributed by atoms with Gasteiger partial charge in [0.25, 0.3) is 0 Å². The van der Waals surface area contributed by atoms with Crippen molar-refractivity contribution in [3.63, 3.8) is 0 Å². The maximum Gasteiger partial charge on any atom is 0.224 e. The largest absolute Gasteiger partial charge is 0.497 e. The van der Waals surface area contributed by atoms with Gasteiger partial charge in [-0.15, -0.1) is 11.3 Å². The Balaban J connectivity index is 1.42. The summed E-state index contributed by atoms with van der Waals surface area (Å²) < 4.78 is 7.33.